The maximum absolute atomic E-state index is 11.3. The molecule has 0 bridgehead atoms. The molecule has 1 N–H and O–H groups in total. The predicted molar refractivity (Wildman–Crippen MR) is 86.8 cm³/mol. The second kappa shape index (κ2) is 7.64. The van der Waals surface area contributed by atoms with Crippen molar-refractivity contribution in [2.45, 2.75) is 19.8 Å². The lowest BCUT2D eigenvalue weighted by molar-refractivity contribution is -0.143. The Kier molecular flexibility index (Phi) is 5.85. The van der Waals surface area contributed by atoms with Crippen molar-refractivity contribution >= 4 is 51.3 Å². The van der Waals surface area contributed by atoms with Crippen LogP contribution in [-0.2, 0) is 16.0 Å². The lowest BCUT2D eigenvalue weighted by Gasteiger charge is -2.03. The van der Waals surface area contributed by atoms with Crippen LogP contribution >= 0.6 is 34.5 Å². The van der Waals surface area contributed by atoms with Crippen LogP contribution in [0.3, 0.4) is 0 Å². The number of halogens is 2. The molecule has 0 radical (unpaired) electrons. The fraction of sp³-hybridized carbons (Fsp3) is 0.286. The summed E-state index contributed by atoms with van der Waals surface area (Å²) in [6.07, 6.45) is 0.905. The van der Waals surface area contributed by atoms with Crippen molar-refractivity contribution in [2.24, 2.45) is 0 Å². The second-order valence-corrected chi connectivity index (χ2v) is 5.88. The van der Waals surface area contributed by atoms with Crippen LogP contribution in [0.15, 0.2) is 23.6 Å². The normalized spacial score (nSPS) is 10.4. The van der Waals surface area contributed by atoms with Gasteiger partial charge in [0.15, 0.2) is 5.13 Å². The number of carbonyl (C=O) groups excluding carboxylic acids is 1. The first kappa shape index (κ1) is 16.1. The van der Waals surface area contributed by atoms with E-state index in [-0.39, 0.29) is 5.97 Å². The fourth-order valence-electron chi connectivity index (χ4n) is 1.64. The first-order valence-electron chi connectivity index (χ1n) is 6.40. The minimum absolute atomic E-state index is 0.204. The molecule has 0 unspecified atom stereocenters. The number of esters is 1. The van der Waals surface area contributed by atoms with Crippen molar-refractivity contribution < 1.29 is 9.53 Å². The maximum atomic E-state index is 11.3. The summed E-state index contributed by atoms with van der Waals surface area (Å²) in [4.78, 5) is 15.7. The zero-order valence-corrected chi connectivity index (χ0v) is 13.7. The molecular weight excluding hydrogens is 331 g/mol. The van der Waals surface area contributed by atoms with E-state index in [4.69, 9.17) is 27.9 Å². The van der Waals surface area contributed by atoms with E-state index in [9.17, 15) is 4.79 Å². The summed E-state index contributed by atoms with van der Waals surface area (Å²) in [6, 6.07) is 5.29. The summed E-state index contributed by atoms with van der Waals surface area (Å²) in [5.41, 5.74) is 1.67. The number of thiazole rings is 1. The van der Waals surface area contributed by atoms with Crippen LogP contribution in [0.25, 0.3) is 0 Å². The smallest absolute Gasteiger partial charge is 0.306 e. The van der Waals surface area contributed by atoms with Gasteiger partial charge < -0.3 is 10.1 Å². The Morgan fingerprint density at radius 3 is 2.90 bits per heavy atom. The number of anilines is 2. The highest BCUT2D eigenvalue weighted by molar-refractivity contribution is 7.13. The number of hydrogen-bond donors (Lipinski definition) is 1. The van der Waals surface area contributed by atoms with Crippen LogP contribution in [-0.4, -0.2) is 17.6 Å². The molecule has 1 aromatic carbocycles. The van der Waals surface area contributed by atoms with Crippen molar-refractivity contribution in [3.63, 3.8) is 0 Å². The number of ether oxygens (including phenoxy) is 1. The topological polar surface area (TPSA) is 51.2 Å². The number of aromatic nitrogens is 1. The zero-order chi connectivity index (χ0) is 15.2. The third kappa shape index (κ3) is 4.88. The minimum atomic E-state index is -0.204. The minimum Gasteiger partial charge on any atom is -0.466 e. The van der Waals surface area contributed by atoms with Crippen LogP contribution in [0.1, 0.15) is 19.0 Å². The number of carbonyl (C=O) groups is 1. The van der Waals surface area contributed by atoms with Crippen molar-refractivity contribution in [2.75, 3.05) is 11.9 Å². The molecule has 0 spiro atoms. The van der Waals surface area contributed by atoms with Gasteiger partial charge >= 0.3 is 5.97 Å². The summed E-state index contributed by atoms with van der Waals surface area (Å²) >= 11 is 13.3. The number of nitrogens with one attached hydrogen (secondary N) is 1. The van der Waals surface area contributed by atoms with Gasteiger partial charge in [0, 0.05) is 17.5 Å². The van der Waals surface area contributed by atoms with Gasteiger partial charge in [0.25, 0.3) is 0 Å². The van der Waals surface area contributed by atoms with Gasteiger partial charge in [-0.25, -0.2) is 4.98 Å². The second-order valence-electron chi connectivity index (χ2n) is 4.20. The lowest BCUT2D eigenvalue weighted by atomic mass is 10.2. The van der Waals surface area contributed by atoms with Crippen LogP contribution in [0.5, 0.6) is 0 Å². The molecule has 21 heavy (non-hydrogen) atoms. The monoisotopic (exact) mass is 344 g/mol. The Balaban J connectivity index is 1.93. The largest absolute Gasteiger partial charge is 0.466 e. The van der Waals surface area contributed by atoms with Crippen molar-refractivity contribution in [1.29, 1.82) is 0 Å². The van der Waals surface area contributed by atoms with Gasteiger partial charge in [-0.2, -0.15) is 0 Å². The maximum Gasteiger partial charge on any atom is 0.306 e. The molecule has 7 heteroatoms. The molecule has 4 nitrogen and oxygen atoms in total. The summed E-state index contributed by atoms with van der Waals surface area (Å²) < 4.78 is 4.88. The van der Waals surface area contributed by atoms with Gasteiger partial charge in [-0.15, -0.1) is 11.3 Å². The molecule has 112 valence electrons. The average Bonchev–Trinajstić information content (AvgIpc) is 2.89. The molecule has 0 atom stereocenters. The van der Waals surface area contributed by atoms with Crippen molar-refractivity contribution in [3.8, 4) is 0 Å². The quantitative estimate of drug-likeness (QED) is 0.772. The first-order chi connectivity index (χ1) is 10.1. The molecule has 0 fully saturated rings. The molecular formula is C14H14Cl2N2O2S. The van der Waals surface area contributed by atoms with Gasteiger partial charge in [-0.05, 0) is 25.1 Å². The van der Waals surface area contributed by atoms with E-state index < -0.39 is 0 Å². The lowest BCUT2D eigenvalue weighted by Crippen LogP contribution is -2.05. The van der Waals surface area contributed by atoms with E-state index >= 15 is 0 Å². The Bertz CT molecular complexity index is 631. The van der Waals surface area contributed by atoms with Gasteiger partial charge in [-0.1, -0.05) is 23.2 Å². The Labute approximate surface area is 137 Å². The highest BCUT2D eigenvalue weighted by Gasteiger charge is 2.07. The van der Waals surface area contributed by atoms with Crippen molar-refractivity contribution in [1.82, 2.24) is 4.98 Å². The van der Waals surface area contributed by atoms with E-state index in [1.54, 1.807) is 19.1 Å². The number of hydrogen-bond acceptors (Lipinski definition) is 5. The van der Waals surface area contributed by atoms with Gasteiger partial charge in [0.1, 0.15) is 0 Å². The molecule has 0 amide bonds. The summed E-state index contributed by atoms with van der Waals surface area (Å²) in [5.74, 6) is -0.204. The number of rotatable bonds is 6. The Morgan fingerprint density at radius 1 is 1.38 bits per heavy atom. The van der Waals surface area contributed by atoms with E-state index in [1.807, 2.05) is 11.4 Å². The van der Waals surface area contributed by atoms with Crippen LogP contribution in [0.4, 0.5) is 10.8 Å². The van der Waals surface area contributed by atoms with Gasteiger partial charge in [0.05, 0.1) is 28.8 Å². The number of aryl methyl sites for hydroxylation is 1. The van der Waals surface area contributed by atoms with E-state index in [1.165, 1.54) is 11.3 Å². The molecule has 0 aliphatic heterocycles. The SMILES string of the molecule is CCOC(=O)CCc1csc(Nc2ccc(Cl)c(Cl)c2)n1. The molecule has 0 saturated carbocycles. The van der Waals surface area contributed by atoms with Gasteiger partial charge in [-0.3, -0.25) is 4.79 Å². The Hall–Kier alpha value is -1.30. The van der Waals surface area contributed by atoms with Crippen LogP contribution < -0.4 is 5.32 Å². The molecule has 0 aliphatic carbocycles. The molecule has 0 aliphatic rings. The van der Waals surface area contributed by atoms with Crippen LogP contribution in [0, 0.1) is 0 Å². The van der Waals surface area contributed by atoms with Crippen molar-refractivity contribution in [3.05, 3.63) is 39.3 Å². The molecule has 2 aromatic rings. The van der Waals surface area contributed by atoms with E-state index in [0.29, 0.717) is 29.5 Å². The highest BCUT2D eigenvalue weighted by Crippen LogP contribution is 2.28. The average molecular weight is 345 g/mol. The third-order valence-corrected chi connectivity index (χ3v) is 4.16. The highest BCUT2D eigenvalue weighted by atomic mass is 35.5. The standard InChI is InChI=1S/C14H14Cl2N2O2S/c1-2-20-13(19)6-4-10-8-21-14(18-10)17-9-3-5-11(15)12(16)7-9/h3,5,7-8H,2,4,6H2,1H3,(H,17,18). The Morgan fingerprint density at radius 2 is 2.19 bits per heavy atom. The van der Waals surface area contributed by atoms with E-state index in [2.05, 4.69) is 10.3 Å². The zero-order valence-electron chi connectivity index (χ0n) is 11.4. The van der Waals surface area contributed by atoms with Crippen LogP contribution in [0.2, 0.25) is 10.0 Å². The summed E-state index contributed by atoms with van der Waals surface area (Å²) in [5, 5.41) is 6.81. The number of nitrogens with zero attached hydrogens (tertiary/aromatic N) is 1. The third-order valence-electron chi connectivity index (χ3n) is 2.61. The van der Waals surface area contributed by atoms with Gasteiger partial charge in [0.2, 0.25) is 0 Å². The summed E-state index contributed by atoms with van der Waals surface area (Å²) in [7, 11) is 0. The first-order valence-corrected chi connectivity index (χ1v) is 8.04. The molecule has 1 heterocycles. The fourth-order valence-corrected chi connectivity index (χ4v) is 2.70. The molecule has 0 saturated heterocycles. The molecule has 2 rings (SSSR count). The predicted octanol–water partition coefficient (Wildman–Crippen LogP) is 4.69. The summed E-state index contributed by atoms with van der Waals surface area (Å²) in [6.45, 7) is 2.19. The van der Waals surface area contributed by atoms with E-state index in [0.717, 1.165) is 16.5 Å². The molecule has 1 aromatic heterocycles. The number of benzene rings is 1.